The summed E-state index contributed by atoms with van der Waals surface area (Å²) >= 11 is 0. The molecule has 1 saturated heterocycles. The summed E-state index contributed by atoms with van der Waals surface area (Å²) in [6, 6.07) is 10.1. The Hall–Kier alpha value is -2.69. The minimum absolute atomic E-state index is 0.0540. The third-order valence-corrected chi connectivity index (χ3v) is 6.89. The number of fused-ring (bicyclic) bond motifs is 1. The van der Waals surface area contributed by atoms with Gasteiger partial charge in [0, 0.05) is 31.6 Å². The Morgan fingerprint density at radius 1 is 0.931 bits per heavy atom. The highest BCUT2D eigenvalue weighted by Gasteiger charge is 2.33. The Balaban J connectivity index is 1.49. The Morgan fingerprint density at radius 2 is 1.59 bits per heavy atom. The first kappa shape index (κ1) is 19.6. The Bertz CT molecular complexity index is 1200. The summed E-state index contributed by atoms with van der Waals surface area (Å²) in [6.45, 7) is 0.912. The first-order valence-electron chi connectivity index (χ1n) is 8.99. The van der Waals surface area contributed by atoms with E-state index in [1.54, 1.807) is 24.4 Å². The maximum atomic E-state index is 13.9. The van der Waals surface area contributed by atoms with Crippen LogP contribution in [0.15, 0.2) is 58.4 Å². The number of nitrogens with zero attached hydrogens (tertiary/aromatic N) is 4. The molecular formula is C19H18F2N4O3S. The zero-order chi connectivity index (χ0) is 20.6. The fraction of sp³-hybridized carbons (Fsp3) is 0.263. The molecular weight excluding hydrogens is 402 g/mol. The third kappa shape index (κ3) is 3.66. The molecule has 1 aromatic heterocycles. The molecule has 0 N–H and O–H groups in total. The van der Waals surface area contributed by atoms with E-state index in [-0.39, 0.29) is 25.3 Å². The molecule has 4 rings (SSSR count). The molecule has 0 amide bonds. The van der Waals surface area contributed by atoms with Crippen molar-refractivity contribution in [2.24, 2.45) is 0 Å². The van der Waals surface area contributed by atoms with E-state index >= 15 is 0 Å². The van der Waals surface area contributed by atoms with Crippen molar-refractivity contribution in [2.45, 2.75) is 11.6 Å². The van der Waals surface area contributed by atoms with Crippen LogP contribution in [-0.2, 0) is 16.7 Å². The van der Waals surface area contributed by atoms with Gasteiger partial charge in [-0.2, -0.15) is 9.40 Å². The van der Waals surface area contributed by atoms with Crippen LogP contribution in [0.5, 0.6) is 0 Å². The zero-order valence-corrected chi connectivity index (χ0v) is 16.1. The van der Waals surface area contributed by atoms with E-state index < -0.39 is 26.6 Å². The molecule has 0 spiro atoms. The lowest BCUT2D eigenvalue weighted by molar-refractivity contribution is 0.143. The summed E-state index contributed by atoms with van der Waals surface area (Å²) in [5.41, 5.74) is -0.230. The maximum Gasteiger partial charge on any atom is 0.275 e. The predicted octanol–water partition coefficient (Wildman–Crippen LogP) is 1.64. The van der Waals surface area contributed by atoms with Crippen molar-refractivity contribution in [3.63, 3.8) is 0 Å². The van der Waals surface area contributed by atoms with Crippen LogP contribution in [0.1, 0.15) is 0 Å². The summed E-state index contributed by atoms with van der Waals surface area (Å²) in [6.07, 6.45) is 1.61. The lowest BCUT2D eigenvalue weighted by atomic mass is 10.2. The van der Waals surface area contributed by atoms with Crippen molar-refractivity contribution >= 4 is 20.8 Å². The summed E-state index contributed by atoms with van der Waals surface area (Å²) < 4.78 is 55.6. The average molecular weight is 420 g/mol. The molecule has 0 saturated carbocycles. The van der Waals surface area contributed by atoms with Crippen molar-refractivity contribution in [3.8, 4) is 0 Å². The van der Waals surface area contributed by atoms with Gasteiger partial charge < -0.3 is 0 Å². The minimum Gasteiger partial charge on any atom is -0.282 e. The van der Waals surface area contributed by atoms with Crippen LogP contribution in [0.25, 0.3) is 10.8 Å². The normalized spacial score (nSPS) is 16.3. The van der Waals surface area contributed by atoms with Gasteiger partial charge in [-0.25, -0.2) is 21.9 Å². The number of hydrogen-bond donors (Lipinski definition) is 0. The minimum atomic E-state index is -4.28. The van der Waals surface area contributed by atoms with Gasteiger partial charge in [-0.1, -0.05) is 24.3 Å². The van der Waals surface area contributed by atoms with E-state index in [0.717, 1.165) is 27.9 Å². The molecule has 29 heavy (non-hydrogen) atoms. The Morgan fingerprint density at radius 3 is 2.28 bits per heavy atom. The Kier molecular flexibility index (Phi) is 5.15. The standard InChI is InChI=1S/C19H18F2N4O3S/c20-16-6-3-7-17(21)18(16)29(27,28)24-10-8-23(9-11-24)13-25-19(26)15-5-2-1-4-14(15)12-22-25/h1-7,12H,8-11,13H2. The van der Waals surface area contributed by atoms with Gasteiger partial charge in [0.2, 0.25) is 10.0 Å². The van der Waals surface area contributed by atoms with Crippen molar-refractivity contribution in [3.05, 3.63) is 70.6 Å². The van der Waals surface area contributed by atoms with E-state index in [1.165, 1.54) is 4.68 Å². The number of sulfonamides is 1. The molecule has 7 nitrogen and oxygen atoms in total. The number of piperazine rings is 1. The molecule has 0 aliphatic carbocycles. The zero-order valence-electron chi connectivity index (χ0n) is 15.3. The molecule has 152 valence electrons. The second-order valence-electron chi connectivity index (χ2n) is 6.75. The van der Waals surface area contributed by atoms with Gasteiger partial charge in [0.1, 0.15) is 11.6 Å². The van der Waals surface area contributed by atoms with Crippen molar-refractivity contribution in [1.82, 2.24) is 19.0 Å². The third-order valence-electron chi connectivity index (χ3n) is 4.94. The summed E-state index contributed by atoms with van der Waals surface area (Å²) in [7, 11) is -4.28. The number of aromatic nitrogens is 2. The van der Waals surface area contributed by atoms with Crippen LogP contribution >= 0.6 is 0 Å². The van der Waals surface area contributed by atoms with Crippen LogP contribution in [-0.4, -0.2) is 53.6 Å². The number of hydrogen-bond acceptors (Lipinski definition) is 5. The first-order chi connectivity index (χ1) is 13.9. The fourth-order valence-electron chi connectivity index (χ4n) is 3.39. The quantitative estimate of drug-likeness (QED) is 0.642. The van der Waals surface area contributed by atoms with Crippen LogP contribution in [0.2, 0.25) is 0 Å². The number of halogens is 2. The SMILES string of the molecule is O=c1c2ccccc2cnn1CN1CCN(S(=O)(=O)c2c(F)cccc2F)CC1. The maximum absolute atomic E-state index is 13.9. The monoisotopic (exact) mass is 420 g/mol. The molecule has 1 fully saturated rings. The molecule has 0 unspecified atom stereocenters. The van der Waals surface area contributed by atoms with Crippen molar-refractivity contribution < 1.29 is 17.2 Å². The molecule has 2 heterocycles. The van der Waals surface area contributed by atoms with Crippen molar-refractivity contribution in [2.75, 3.05) is 26.2 Å². The van der Waals surface area contributed by atoms with E-state index in [2.05, 4.69) is 5.10 Å². The van der Waals surface area contributed by atoms with Gasteiger partial charge in [-0.15, -0.1) is 0 Å². The molecule has 0 bridgehead atoms. The van der Waals surface area contributed by atoms with Crippen molar-refractivity contribution in [1.29, 1.82) is 0 Å². The molecule has 0 atom stereocenters. The number of rotatable bonds is 4. The van der Waals surface area contributed by atoms with Crippen LogP contribution < -0.4 is 5.56 Å². The van der Waals surface area contributed by atoms with Gasteiger partial charge in [-0.3, -0.25) is 9.69 Å². The molecule has 0 radical (unpaired) electrons. The summed E-state index contributed by atoms with van der Waals surface area (Å²) in [5, 5.41) is 5.47. The van der Waals surface area contributed by atoms with Crippen LogP contribution in [0.3, 0.4) is 0 Å². The molecule has 1 aliphatic heterocycles. The molecule has 10 heteroatoms. The van der Waals surface area contributed by atoms with Gasteiger partial charge in [-0.05, 0) is 18.2 Å². The Labute approximate surface area is 165 Å². The topological polar surface area (TPSA) is 75.5 Å². The van der Waals surface area contributed by atoms with E-state index in [4.69, 9.17) is 0 Å². The largest absolute Gasteiger partial charge is 0.282 e. The van der Waals surface area contributed by atoms with E-state index in [0.29, 0.717) is 18.5 Å². The van der Waals surface area contributed by atoms with E-state index in [1.807, 2.05) is 11.0 Å². The predicted molar refractivity (Wildman–Crippen MR) is 103 cm³/mol. The van der Waals surface area contributed by atoms with Crippen LogP contribution in [0.4, 0.5) is 8.78 Å². The smallest absolute Gasteiger partial charge is 0.275 e. The molecule has 1 aliphatic rings. The lowest BCUT2D eigenvalue weighted by Crippen LogP contribution is -2.50. The highest BCUT2D eigenvalue weighted by molar-refractivity contribution is 7.89. The highest BCUT2D eigenvalue weighted by Crippen LogP contribution is 2.23. The number of benzene rings is 2. The summed E-state index contributed by atoms with van der Waals surface area (Å²) in [5.74, 6) is -2.22. The first-order valence-corrected chi connectivity index (χ1v) is 10.4. The van der Waals surface area contributed by atoms with Crippen LogP contribution in [0, 0.1) is 11.6 Å². The van der Waals surface area contributed by atoms with Gasteiger partial charge in [0.15, 0.2) is 4.90 Å². The lowest BCUT2D eigenvalue weighted by Gasteiger charge is -2.33. The van der Waals surface area contributed by atoms with Gasteiger partial charge in [0.25, 0.3) is 5.56 Å². The molecule has 2 aromatic carbocycles. The van der Waals surface area contributed by atoms with Gasteiger partial charge >= 0.3 is 0 Å². The van der Waals surface area contributed by atoms with E-state index in [9.17, 15) is 22.0 Å². The second-order valence-corrected chi connectivity index (χ2v) is 8.63. The average Bonchev–Trinajstić information content (AvgIpc) is 2.70. The summed E-state index contributed by atoms with van der Waals surface area (Å²) in [4.78, 5) is 13.5. The molecule has 3 aromatic rings. The fourth-order valence-corrected chi connectivity index (χ4v) is 4.92. The second kappa shape index (κ2) is 7.62. The highest BCUT2D eigenvalue weighted by atomic mass is 32.2. The van der Waals surface area contributed by atoms with Gasteiger partial charge in [0.05, 0.1) is 18.3 Å².